The van der Waals surface area contributed by atoms with E-state index in [9.17, 15) is 4.79 Å². The third-order valence-corrected chi connectivity index (χ3v) is 4.04. The molecular weight excluding hydrogens is 268 g/mol. The van der Waals surface area contributed by atoms with E-state index in [4.69, 9.17) is 0 Å². The second-order valence-electron chi connectivity index (χ2n) is 4.64. The van der Waals surface area contributed by atoms with Gasteiger partial charge in [-0.15, -0.1) is 12.4 Å². The molecule has 0 radical (unpaired) electrons. The average molecular weight is 289 g/mol. The fourth-order valence-corrected chi connectivity index (χ4v) is 2.86. The van der Waals surface area contributed by atoms with Crippen molar-refractivity contribution >= 4 is 29.7 Å². The third-order valence-electron chi connectivity index (χ3n) is 3.31. The standard InChI is InChI=1S/C13H20N2OS.ClH/c16-13(15-9-12-5-8-17-10-12)2-1-11-3-6-14-7-4-11;/h5,8,10-11,14H,1-4,6-7,9H2,(H,15,16);1H. The number of hydrogen-bond donors (Lipinski definition) is 2. The van der Waals surface area contributed by atoms with Gasteiger partial charge in [-0.1, -0.05) is 0 Å². The van der Waals surface area contributed by atoms with Crippen molar-refractivity contribution in [2.45, 2.75) is 32.2 Å². The van der Waals surface area contributed by atoms with E-state index >= 15 is 0 Å². The van der Waals surface area contributed by atoms with Gasteiger partial charge in [0, 0.05) is 13.0 Å². The van der Waals surface area contributed by atoms with Crippen LogP contribution in [-0.2, 0) is 11.3 Å². The summed E-state index contributed by atoms with van der Waals surface area (Å²) in [6, 6.07) is 2.05. The van der Waals surface area contributed by atoms with Crippen molar-refractivity contribution in [1.82, 2.24) is 10.6 Å². The molecule has 2 heterocycles. The molecule has 3 nitrogen and oxygen atoms in total. The zero-order valence-corrected chi connectivity index (χ0v) is 12.1. The van der Waals surface area contributed by atoms with Crippen LogP contribution in [0.1, 0.15) is 31.2 Å². The molecule has 0 spiro atoms. The lowest BCUT2D eigenvalue weighted by atomic mass is 9.93. The Bertz CT molecular complexity index is 337. The molecular formula is C13H21ClN2OS. The summed E-state index contributed by atoms with van der Waals surface area (Å²) in [5.41, 5.74) is 1.20. The van der Waals surface area contributed by atoms with E-state index in [1.807, 2.05) is 5.38 Å². The van der Waals surface area contributed by atoms with Crippen molar-refractivity contribution in [3.63, 3.8) is 0 Å². The summed E-state index contributed by atoms with van der Waals surface area (Å²) in [5, 5.41) is 10.4. The van der Waals surface area contributed by atoms with Gasteiger partial charge < -0.3 is 10.6 Å². The van der Waals surface area contributed by atoms with Crippen LogP contribution in [0.15, 0.2) is 16.8 Å². The van der Waals surface area contributed by atoms with Crippen LogP contribution >= 0.6 is 23.7 Å². The monoisotopic (exact) mass is 288 g/mol. The molecule has 1 saturated heterocycles. The lowest BCUT2D eigenvalue weighted by molar-refractivity contribution is -0.121. The molecule has 0 aromatic carbocycles. The van der Waals surface area contributed by atoms with Gasteiger partial charge in [0.1, 0.15) is 0 Å². The summed E-state index contributed by atoms with van der Waals surface area (Å²) in [7, 11) is 0. The first-order valence-corrected chi connectivity index (χ1v) is 7.27. The molecule has 2 rings (SSSR count). The predicted octanol–water partition coefficient (Wildman–Crippen LogP) is 2.57. The van der Waals surface area contributed by atoms with Crippen molar-refractivity contribution in [3.8, 4) is 0 Å². The number of hydrogen-bond acceptors (Lipinski definition) is 3. The second kappa shape index (κ2) is 8.51. The van der Waals surface area contributed by atoms with Gasteiger partial charge in [0.2, 0.25) is 5.91 Å². The fraction of sp³-hybridized carbons (Fsp3) is 0.615. The maximum atomic E-state index is 11.7. The van der Waals surface area contributed by atoms with Crippen molar-refractivity contribution in [2.75, 3.05) is 13.1 Å². The third kappa shape index (κ3) is 5.38. The quantitative estimate of drug-likeness (QED) is 0.874. The number of halogens is 1. The average Bonchev–Trinajstić information content (AvgIpc) is 2.88. The largest absolute Gasteiger partial charge is 0.352 e. The Morgan fingerprint density at radius 1 is 1.44 bits per heavy atom. The van der Waals surface area contributed by atoms with Gasteiger partial charge in [0.05, 0.1) is 0 Å². The molecule has 1 aliphatic rings. The lowest BCUT2D eigenvalue weighted by Gasteiger charge is -2.22. The first-order chi connectivity index (χ1) is 8.34. The van der Waals surface area contributed by atoms with Gasteiger partial charge in [-0.25, -0.2) is 0 Å². The highest BCUT2D eigenvalue weighted by Gasteiger charge is 2.14. The van der Waals surface area contributed by atoms with Gasteiger partial charge in [-0.2, -0.15) is 11.3 Å². The van der Waals surface area contributed by atoms with E-state index in [0.29, 0.717) is 13.0 Å². The minimum atomic E-state index is 0. The Hall–Kier alpha value is -0.580. The molecule has 5 heteroatoms. The van der Waals surface area contributed by atoms with Crippen molar-refractivity contribution in [3.05, 3.63) is 22.4 Å². The minimum Gasteiger partial charge on any atom is -0.352 e. The predicted molar refractivity (Wildman–Crippen MR) is 78.2 cm³/mol. The maximum Gasteiger partial charge on any atom is 0.220 e. The smallest absolute Gasteiger partial charge is 0.220 e. The number of carbonyl (C=O) groups is 1. The van der Waals surface area contributed by atoms with Crippen LogP contribution in [0.3, 0.4) is 0 Å². The van der Waals surface area contributed by atoms with Gasteiger partial charge in [0.15, 0.2) is 0 Å². The molecule has 1 fully saturated rings. The Morgan fingerprint density at radius 3 is 2.89 bits per heavy atom. The second-order valence-corrected chi connectivity index (χ2v) is 5.42. The zero-order chi connectivity index (χ0) is 11.9. The molecule has 2 N–H and O–H groups in total. The number of nitrogens with one attached hydrogen (secondary N) is 2. The lowest BCUT2D eigenvalue weighted by Crippen LogP contribution is -2.29. The Morgan fingerprint density at radius 2 is 2.22 bits per heavy atom. The van der Waals surface area contributed by atoms with E-state index in [0.717, 1.165) is 25.4 Å². The summed E-state index contributed by atoms with van der Waals surface area (Å²) in [5.74, 6) is 0.929. The normalized spacial score (nSPS) is 16.0. The van der Waals surface area contributed by atoms with Crippen LogP contribution in [0.4, 0.5) is 0 Å². The molecule has 1 amide bonds. The van der Waals surface area contributed by atoms with Crippen molar-refractivity contribution in [1.29, 1.82) is 0 Å². The first-order valence-electron chi connectivity index (χ1n) is 6.33. The van der Waals surface area contributed by atoms with Gasteiger partial charge in [-0.3, -0.25) is 4.79 Å². The maximum absolute atomic E-state index is 11.7. The van der Waals surface area contributed by atoms with Crippen LogP contribution in [0, 0.1) is 5.92 Å². The van der Waals surface area contributed by atoms with E-state index in [-0.39, 0.29) is 18.3 Å². The molecule has 1 aromatic heterocycles. The van der Waals surface area contributed by atoms with Gasteiger partial charge >= 0.3 is 0 Å². The van der Waals surface area contributed by atoms with Gasteiger partial charge in [0.25, 0.3) is 0 Å². The summed E-state index contributed by atoms with van der Waals surface area (Å²) < 4.78 is 0. The Kier molecular flexibility index (Phi) is 7.32. The highest BCUT2D eigenvalue weighted by atomic mass is 35.5. The van der Waals surface area contributed by atoms with Crippen LogP contribution in [0.5, 0.6) is 0 Å². The SMILES string of the molecule is Cl.O=C(CCC1CCNCC1)NCc1ccsc1. The van der Waals surface area contributed by atoms with E-state index in [2.05, 4.69) is 22.1 Å². The molecule has 0 unspecified atom stereocenters. The van der Waals surface area contributed by atoms with E-state index in [1.165, 1.54) is 18.4 Å². The van der Waals surface area contributed by atoms with Crippen molar-refractivity contribution in [2.24, 2.45) is 5.92 Å². The first kappa shape index (κ1) is 15.5. The minimum absolute atomic E-state index is 0. The molecule has 0 saturated carbocycles. The van der Waals surface area contributed by atoms with E-state index in [1.54, 1.807) is 11.3 Å². The van der Waals surface area contributed by atoms with Crippen LogP contribution < -0.4 is 10.6 Å². The summed E-state index contributed by atoms with van der Waals surface area (Å²) >= 11 is 1.67. The summed E-state index contributed by atoms with van der Waals surface area (Å²) in [4.78, 5) is 11.7. The molecule has 1 aliphatic heterocycles. The number of thiophene rings is 1. The summed E-state index contributed by atoms with van der Waals surface area (Å²) in [6.07, 6.45) is 4.15. The van der Waals surface area contributed by atoms with E-state index < -0.39 is 0 Å². The number of amides is 1. The van der Waals surface area contributed by atoms with Crippen LogP contribution in [-0.4, -0.2) is 19.0 Å². The molecule has 1 aromatic rings. The number of carbonyl (C=O) groups excluding carboxylic acids is 1. The molecule has 102 valence electrons. The topological polar surface area (TPSA) is 41.1 Å². The van der Waals surface area contributed by atoms with Crippen LogP contribution in [0.2, 0.25) is 0 Å². The Labute approximate surface area is 119 Å². The van der Waals surface area contributed by atoms with Crippen LogP contribution in [0.25, 0.3) is 0 Å². The van der Waals surface area contributed by atoms with Gasteiger partial charge in [-0.05, 0) is 60.7 Å². The zero-order valence-electron chi connectivity index (χ0n) is 10.5. The molecule has 18 heavy (non-hydrogen) atoms. The Balaban J connectivity index is 0.00000162. The van der Waals surface area contributed by atoms with Crippen molar-refractivity contribution < 1.29 is 4.79 Å². The highest BCUT2D eigenvalue weighted by Crippen LogP contribution is 2.17. The summed E-state index contributed by atoms with van der Waals surface area (Å²) in [6.45, 7) is 2.90. The number of rotatable bonds is 5. The number of piperidine rings is 1. The fourth-order valence-electron chi connectivity index (χ4n) is 2.19. The molecule has 0 aliphatic carbocycles. The molecule has 0 bridgehead atoms. The highest BCUT2D eigenvalue weighted by molar-refractivity contribution is 7.07. The molecule has 0 atom stereocenters.